The number of piperidine rings is 1. The maximum absolute atomic E-state index is 13.0. The Kier molecular flexibility index (Phi) is 15.5. The Bertz CT molecular complexity index is 1960. The Labute approximate surface area is 339 Å². The van der Waals surface area contributed by atoms with E-state index in [0.29, 0.717) is 36.4 Å². The van der Waals surface area contributed by atoms with E-state index in [4.69, 9.17) is 10.5 Å². The summed E-state index contributed by atoms with van der Waals surface area (Å²) in [6.45, 7) is 2.28. The van der Waals surface area contributed by atoms with Gasteiger partial charge >= 0.3 is 0 Å². The number of ketones is 2. The summed E-state index contributed by atoms with van der Waals surface area (Å²) in [5.74, 6) is 2.86. The zero-order valence-corrected chi connectivity index (χ0v) is 34.0. The van der Waals surface area contributed by atoms with Crippen LogP contribution in [0.15, 0.2) is 85.1 Å². The highest BCUT2D eigenvalue weighted by molar-refractivity contribution is 6.06. The van der Waals surface area contributed by atoms with Crippen molar-refractivity contribution in [3.8, 4) is 11.5 Å². The molecule has 3 aromatic carbocycles. The number of unbranched alkanes of at least 4 members (excludes halogenated alkanes) is 2. The van der Waals surface area contributed by atoms with Crippen LogP contribution in [0.2, 0.25) is 0 Å². The number of Topliss-reactive ketones (excluding diaryl/α,β-unsaturated/α-hetero) is 1. The summed E-state index contributed by atoms with van der Waals surface area (Å²) in [5, 5.41) is 17.9. The van der Waals surface area contributed by atoms with Gasteiger partial charge in [-0.1, -0.05) is 73.5 Å². The van der Waals surface area contributed by atoms with Crippen LogP contribution in [-0.4, -0.2) is 54.9 Å². The van der Waals surface area contributed by atoms with Gasteiger partial charge in [0.1, 0.15) is 11.6 Å². The third-order valence-electron chi connectivity index (χ3n) is 12.4. The Hall–Kier alpha value is -4.79. The molecule has 8 nitrogen and oxygen atoms in total. The Morgan fingerprint density at radius 2 is 1.67 bits per heavy atom. The van der Waals surface area contributed by atoms with Gasteiger partial charge < -0.3 is 26.2 Å². The smallest absolute Gasteiger partial charge is 0.163 e. The van der Waals surface area contributed by atoms with Crippen LogP contribution in [0.4, 0.5) is 5.82 Å². The van der Waals surface area contributed by atoms with Gasteiger partial charge in [0.2, 0.25) is 0 Å². The van der Waals surface area contributed by atoms with Crippen LogP contribution < -0.4 is 21.1 Å². The molecule has 302 valence electrons. The van der Waals surface area contributed by atoms with Gasteiger partial charge in [0.25, 0.3) is 0 Å². The molecular weight excluding hydrogens is 709 g/mol. The lowest BCUT2D eigenvalue weighted by Crippen LogP contribution is -2.50. The number of anilines is 1. The molecule has 1 saturated heterocycles. The lowest BCUT2D eigenvalue weighted by atomic mass is 9.65. The van der Waals surface area contributed by atoms with Crippen molar-refractivity contribution in [1.82, 2.24) is 15.6 Å². The quantitative estimate of drug-likeness (QED) is 0.0402. The molecule has 4 aromatic rings. The number of aromatic hydroxyl groups is 1. The van der Waals surface area contributed by atoms with Crippen LogP contribution in [0, 0.1) is 17.8 Å². The zero-order chi connectivity index (χ0) is 40.0. The highest BCUT2D eigenvalue weighted by atomic mass is 16.5. The summed E-state index contributed by atoms with van der Waals surface area (Å²) in [4.78, 5) is 30.3. The Morgan fingerprint density at radius 3 is 2.46 bits per heavy atom. The summed E-state index contributed by atoms with van der Waals surface area (Å²) in [6.07, 6.45) is 17.4. The molecule has 5 N–H and O–H groups in total. The summed E-state index contributed by atoms with van der Waals surface area (Å²) in [5.41, 5.74) is 13.7. The number of benzene rings is 3. The summed E-state index contributed by atoms with van der Waals surface area (Å²) in [6, 6.07) is 25.3. The molecule has 57 heavy (non-hydrogen) atoms. The molecule has 1 aliphatic carbocycles. The maximum Gasteiger partial charge on any atom is 0.163 e. The molecule has 1 aromatic heterocycles. The summed E-state index contributed by atoms with van der Waals surface area (Å²) < 4.78 is 5.42. The Balaban J connectivity index is 1.03. The molecule has 0 bridgehead atoms. The standard InChI is InChI=1S/C49H62N4O4/c1-51-46-23-21-39-32-52-25-24-44(39)45(46)15-8-4-7-14-42(54)31-43(55)22-20-37-29-48(57-2)47(56)28-40(37)27-41-33-53-49(50)30-38(41)19-18-36-13-9-12-35(26-36)17-16-34-10-5-3-6-11-34/h3,5-6,9-13,20,22,26,28-30,33,39,44-46,51-52,56H,4,7-8,14-19,21,23-25,27,31-32H2,1-2H3,(H2,50,53)/b22-20+/t39-,44+,45-,46-/m1/s1. The number of pyridine rings is 1. The maximum atomic E-state index is 13.0. The molecule has 2 fully saturated rings. The molecule has 6 rings (SSSR count). The second kappa shape index (κ2) is 21.1. The number of nitrogen functional groups attached to an aromatic ring is 1. The van der Waals surface area contributed by atoms with Crippen molar-refractivity contribution in [3.63, 3.8) is 0 Å². The molecule has 0 radical (unpaired) electrons. The number of hydrogen-bond acceptors (Lipinski definition) is 8. The van der Waals surface area contributed by atoms with Crippen molar-refractivity contribution in [2.75, 3.05) is 33.0 Å². The fourth-order valence-corrected chi connectivity index (χ4v) is 9.30. The number of aryl methyl sites for hydroxylation is 4. The van der Waals surface area contributed by atoms with E-state index in [9.17, 15) is 14.7 Å². The van der Waals surface area contributed by atoms with Gasteiger partial charge in [-0.3, -0.25) is 9.59 Å². The number of methoxy groups -OCH3 is 1. The highest BCUT2D eigenvalue weighted by Gasteiger charge is 2.39. The highest BCUT2D eigenvalue weighted by Crippen LogP contribution is 2.41. The van der Waals surface area contributed by atoms with Crippen molar-refractivity contribution in [2.45, 2.75) is 95.9 Å². The number of carbonyl (C=O) groups excluding carboxylic acids is 2. The monoisotopic (exact) mass is 770 g/mol. The number of ether oxygens (including phenoxy) is 1. The van der Waals surface area contributed by atoms with E-state index in [2.05, 4.69) is 71.2 Å². The molecule has 1 saturated carbocycles. The van der Waals surface area contributed by atoms with E-state index in [1.54, 1.807) is 24.4 Å². The largest absolute Gasteiger partial charge is 0.504 e. The number of hydrogen-bond donors (Lipinski definition) is 4. The fourth-order valence-electron chi connectivity index (χ4n) is 9.30. The van der Waals surface area contributed by atoms with Gasteiger partial charge in [-0.25, -0.2) is 4.98 Å². The first kappa shape index (κ1) is 41.8. The molecule has 1 aliphatic heterocycles. The van der Waals surface area contributed by atoms with Crippen LogP contribution in [0.1, 0.15) is 96.7 Å². The summed E-state index contributed by atoms with van der Waals surface area (Å²) in [7, 11) is 3.61. The number of phenols is 1. The van der Waals surface area contributed by atoms with E-state index in [-0.39, 0.29) is 23.7 Å². The van der Waals surface area contributed by atoms with Crippen molar-refractivity contribution in [2.24, 2.45) is 17.8 Å². The van der Waals surface area contributed by atoms with E-state index in [0.717, 1.165) is 92.1 Å². The summed E-state index contributed by atoms with van der Waals surface area (Å²) >= 11 is 0. The number of nitrogens with one attached hydrogen (secondary N) is 2. The number of nitrogens with two attached hydrogens (primary N) is 1. The molecule has 0 unspecified atom stereocenters. The Morgan fingerprint density at radius 1 is 0.895 bits per heavy atom. The third kappa shape index (κ3) is 12.1. The van der Waals surface area contributed by atoms with Crippen LogP contribution in [0.5, 0.6) is 11.5 Å². The minimum Gasteiger partial charge on any atom is -0.504 e. The predicted octanol–water partition coefficient (Wildman–Crippen LogP) is 8.25. The number of phenolic OH excluding ortho intramolecular Hbond substituents is 1. The van der Waals surface area contributed by atoms with Crippen molar-refractivity contribution >= 4 is 23.5 Å². The van der Waals surface area contributed by atoms with Gasteiger partial charge in [0.15, 0.2) is 17.3 Å². The van der Waals surface area contributed by atoms with E-state index >= 15 is 0 Å². The van der Waals surface area contributed by atoms with Gasteiger partial charge in [-0.2, -0.15) is 0 Å². The topological polar surface area (TPSA) is 127 Å². The molecule has 0 spiro atoms. The number of fused-ring (bicyclic) bond motifs is 1. The van der Waals surface area contributed by atoms with Crippen LogP contribution in [-0.2, 0) is 41.7 Å². The first-order valence-electron chi connectivity index (χ1n) is 21.1. The fraction of sp³-hybridized carbons (Fsp3) is 0.449. The van der Waals surface area contributed by atoms with Gasteiger partial charge in [0.05, 0.1) is 13.5 Å². The molecular formula is C49H62N4O4. The second-order valence-corrected chi connectivity index (χ2v) is 16.3. The first-order chi connectivity index (χ1) is 27.8. The second-order valence-electron chi connectivity index (χ2n) is 16.3. The first-order valence-corrected chi connectivity index (χ1v) is 21.1. The average molecular weight is 771 g/mol. The number of nitrogens with zero attached hydrogens (tertiary/aromatic N) is 1. The molecule has 2 aliphatic rings. The van der Waals surface area contributed by atoms with Crippen LogP contribution in [0.25, 0.3) is 6.08 Å². The van der Waals surface area contributed by atoms with Crippen molar-refractivity contribution in [3.05, 3.63) is 124 Å². The van der Waals surface area contributed by atoms with E-state index in [1.807, 2.05) is 12.1 Å². The van der Waals surface area contributed by atoms with E-state index in [1.165, 1.54) is 55.6 Å². The lowest BCUT2D eigenvalue weighted by Gasteiger charge is -2.46. The van der Waals surface area contributed by atoms with E-state index < -0.39 is 0 Å². The normalized spacial score (nSPS) is 19.3. The SMILES string of the molecule is CN[C@@H]1CC[C@@H]2CNCC[C@@H]2[C@H]1CCCCCC(=O)CC(=O)/C=C/c1cc(OC)c(O)cc1Cc1cnc(N)cc1CCc1cccc(CCc2ccccc2)c1. The third-order valence-corrected chi connectivity index (χ3v) is 12.4. The number of rotatable bonds is 20. The number of aromatic nitrogens is 1. The van der Waals surface area contributed by atoms with Crippen LogP contribution >= 0.6 is 0 Å². The minimum atomic E-state index is -0.227. The van der Waals surface area contributed by atoms with Gasteiger partial charge in [0, 0.05) is 18.7 Å². The minimum absolute atomic E-state index is 0.0170. The van der Waals surface area contributed by atoms with Crippen LogP contribution in [0.3, 0.4) is 0 Å². The lowest BCUT2D eigenvalue weighted by molar-refractivity contribution is -0.124. The predicted molar refractivity (Wildman–Crippen MR) is 231 cm³/mol. The van der Waals surface area contributed by atoms with Crippen molar-refractivity contribution < 1.29 is 19.4 Å². The molecule has 8 heteroatoms. The van der Waals surface area contributed by atoms with Gasteiger partial charge in [-0.15, -0.1) is 0 Å². The van der Waals surface area contributed by atoms with Gasteiger partial charge in [-0.05, 0) is 165 Å². The molecule has 0 amide bonds. The zero-order valence-electron chi connectivity index (χ0n) is 34.0. The molecule has 4 atom stereocenters. The number of carbonyl (C=O) groups is 2. The molecule has 2 heterocycles. The van der Waals surface area contributed by atoms with Crippen molar-refractivity contribution in [1.29, 1.82) is 0 Å². The average Bonchev–Trinajstić information content (AvgIpc) is 3.23. The number of allylic oxidation sites excluding steroid dienone is 1.